The molecule has 0 heterocycles. The number of aliphatic hydroxyl groups excluding tert-OH is 1. The second kappa shape index (κ2) is 18.2. The third kappa shape index (κ3) is 19.8. The molecule has 2 N–H and O–H groups in total. The highest BCUT2D eigenvalue weighted by Crippen LogP contribution is 2.01. The van der Waals surface area contributed by atoms with Gasteiger partial charge in [0.05, 0.1) is 6.10 Å². The van der Waals surface area contributed by atoms with Crippen molar-refractivity contribution in [3.8, 4) is 0 Å². The lowest BCUT2D eigenvalue weighted by atomic mass is 10.1. The molecule has 0 aromatic carbocycles. The van der Waals surface area contributed by atoms with E-state index in [1.165, 1.54) is 0 Å². The summed E-state index contributed by atoms with van der Waals surface area (Å²) in [5.41, 5.74) is 0. The van der Waals surface area contributed by atoms with Gasteiger partial charge in [-0.2, -0.15) is 0 Å². The quantitative estimate of drug-likeness (QED) is 0.322. The van der Waals surface area contributed by atoms with Crippen LogP contribution in [0.5, 0.6) is 0 Å². The van der Waals surface area contributed by atoms with Gasteiger partial charge in [0.15, 0.2) is 0 Å². The fourth-order valence-electron chi connectivity index (χ4n) is 1.90. The van der Waals surface area contributed by atoms with Gasteiger partial charge in [-0.15, -0.1) is 0 Å². The first kappa shape index (κ1) is 22.9. The van der Waals surface area contributed by atoms with Crippen molar-refractivity contribution in [2.45, 2.75) is 58.0 Å². The van der Waals surface area contributed by atoms with Crippen LogP contribution in [0.15, 0.2) is 72.9 Å². The average Bonchev–Trinajstić information content (AvgIpc) is 2.58. The minimum Gasteiger partial charge on any atom is -0.481 e. The first-order valence-corrected chi connectivity index (χ1v) is 9.01. The van der Waals surface area contributed by atoms with Crippen LogP contribution in [-0.2, 0) is 4.79 Å². The molecule has 1 unspecified atom stereocenters. The maximum atomic E-state index is 10.3. The van der Waals surface area contributed by atoms with E-state index in [0.717, 1.165) is 32.1 Å². The third-order valence-electron chi connectivity index (χ3n) is 3.24. The van der Waals surface area contributed by atoms with Crippen molar-refractivity contribution in [2.24, 2.45) is 0 Å². The van der Waals surface area contributed by atoms with Gasteiger partial charge in [-0.05, 0) is 38.5 Å². The summed E-state index contributed by atoms with van der Waals surface area (Å²) in [5, 5.41) is 18.2. The Bertz CT molecular complexity index is 493. The Labute approximate surface area is 152 Å². The van der Waals surface area contributed by atoms with E-state index in [0.29, 0.717) is 6.42 Å². The summed E-state index contributed by atoms with van der Waals surface area (Å²) in [5.74, 6) is -0.758. The Hall–Kier alpha value is -2.13. The number of allylic oxidation sites excluding steroid dienone is 11. The molecule has 0 saturated heterocycles. The minimum atomic E-state index is -0.758. The zero-order valence-corrected chi connectivity index (χ0v) is 15.3. The molecule has 0 aromatic rings. The number of hydrogen-bond acceptors (Lipinski definition) is 2. The van der Waals surface area contributed by atoms with Gasteiger partial charge in [0.25, 0.3) is 0 Å². The second-order valence-electron chi connectivity index (χ2n) is 5.57. The molecule has 0 rings (SSSR count). The van der Waals surface area contributed by atoms with Gasteiger partial charge in [0, 0.05) is 6.42 Å². The van der Waals surface area contributed by atoms with Gasteiger partial charge in [-0.25, -0.2) is 0 Å². The SMILES string of the molecule is CC/C=C\CCC(O)/C=C/C=C/C=C\C/C=C\C/C=C\CCC(=O)O. The van der Waals surface area contributed by atoms with Gasteiger partial charge in [0.2, 0.25) is 0 Å². The average molecular weight is 344 g/mol. The molecular weight excluding hydrogens is 312 g/mol. The summed E-state index contributed by atoms with van der Waals surface area (Å²) < 4.78 is 0. The van der Waals surface area contributed by atoms with Crippen molar-refractivity contribution in [3.05, 3.63) is 72.9 Å². The summed E-state index contributed by atoms with van der Waals surface area (Å²) in [6.45, 7) is 2.10. The zero-order chi connectivity index (χ0) is 18.6. The number of carboxylic acid groups (broad SMARTS) is 1. The van der Waals surface area contributed by atoms with Crippen LogP contribution in [0.3, 0.4) is 0 Å². The van der Waals surface area contributed by atoms with Crippen LogP contribution in [0.25, 0.3) is 0 Å². The number of hydrogen-bond donors (Lipinski definition) is 2. The van der Waals surface area contributed by atoms with Gasteiger partial charge >= 0.3 is 5.97 Å². The van der Waals surface area contributed by atoms with E-state index in [1.807, 2.05) is 36.5 Å². The molecule has 0 aliphatic rings. The van der Waals surface area contributed by atoms with Crippen molar-refractivity contribution in [2.75, 3.05) is 0 Å². The van der Waals surface area contributed by atoms with Crippen LogP contribution >= 0.6 is 0 Å². The largest absolute Gasteiger partial charge is 0.481 e. The maximum absolute atomic E-state index is 10.3. The van der Waals surface area contributed by atoms with Crippen LogP contribution in [0, 0.1) is 0 Å². The van der Waals surface area contributed by atoms with E-state index in [-0.39, 0.29) is 12.5 Å². The molecule has 0 aromatic heterocycles. The van der Waals surface area contributed by atoms with Crippen LogP contribution < -0.4 is 0 Å². The predicted molar refractivity (Wildman–Crippen MR) is 106 cm³/mol. The lowest BCUT2D eigenvalue weighted by Gasteiger charge is -2.00. The highest BCUT2D eigenvalue weighted by molar-refractivity contribution is 5.66. The molecule has 0 amide bonds. The Morgan fingerprint density at radius 3 is 2.20 bits per heavy atom. The lowest BCUT2D eigenvalue weighted by Crippen LogP contribution is -1.99. The van der Waals surface area contributed by atoms with Gasteiger partial charge in [-0.3, -0.25) is 4.79 Å². The molecule has 0 spiro atoms. The van der Waals surface area contributed by atoms with Crippen LogP contribution in [0.4, 0.5) is 0 Å². The summed E-state index contributed by atoms with van der Waals surface area (Å²) in [6.07, 6.45) is 28.6. The van der Waals surface area contributed by atoms with Crippen LogP contribution in [0.1, 0.15) is 51.9 Å². The molecule has 3 nitrogen and oxygen atoms in total. The summed E-state index contributed by atoms with van der Waals surface area (Å²) in [6, 6.07) is 0. The molecular formula is C22H32O3. The molecule has 1 atom stereocenters. The molecule has 0 aliphatic carbocycles. The van der Waals surface area contributed by atoms with E-state index in [9.17, 15) is 9.90 Å². The Morgan fingerprint density at radius 1 is 0.840 bits per heavy atom. The van der Waals surface area contributed by atoms with Gasteiger partial charge in [0.1, 0.15) is 0 Å². The zero-order valence-electron chi connectivity index (χ0n) is 15.3. The minimum absolute atomic E-state index is 0.191. The first-order valence-electron chi connectivity index (χ1n) is 9.01. The maximum Gasteiger partial charge on any atom is 0.303 e. The smallest absolute Gasteiger partial charge is 0.303 e. The third-order valence-corrected chi connectivity index (χ3v) is 3.24. The van der Waals surface area contributed by atoms with Gasteiger partial charge < -0.3 is 10.2 Å². The molecule has 0 saturated carbocycles. The Morgan fingerprint density at radius 2 is 1.48 bits per heavy atom. The van der Waals surface area contributed by atoms with Crippen molar-refractivity contribution in [1.29, 1.82) is 0 Å². The predicted octanol–water partition coefficient (Wildman–Crippen LogP) is 5.52. The molecule has 3 heteroatoms. The standard InChI is InChI=1S/C22H32O3/c1-2-3-4-15-18-21(23)19-16-13-11-9-7-5-6-8-10-12-14-17-20-22(24)25/h3-4,6-9,11-14,16,19,21,23H,2,5,10,15,17-18,20H2,1H3,(H,24,25)/b4-3-,8-6-,9-7-,13-11+,14-12-,19-16+. The van der Waals surface area contributed by atoms with Crippen molar-refractivity contribution in [3.63, 3.8) is 0 Å². The Kier molecular flexibility index (Phi) is 16.7. The normalized spacial score (nSPS) is 14.3. The first-order chi connectivity index (χ1) is 12.2. The van der Waals surface area contributed by atoms with Crippen molar-refractivity contribution in [1.82, 2.24) is 0 Å². The summed E-state index contributed by atoms with van der Waals surface area (Å²) in [4.78, 5) is 10.3. The number of rotatable bonds is 14. The molecule has 0 fully saturated rings. The number of carboxylic acids is 1. The van der Waals surface area contributed by atoms with Crippen LogP contribution in [0.2, 0.25) is 0 Å². The van der Waals surface area contributed by atoms with E-state index in [2.05, 4.69) is 37.3 Å². The fourth-order valence-corrected chi connectivity index (χ4v) is 1.90. The lowest BCUT2D eigenvalue weighted by molar-refractivity contribution is -0.136. The highest BCUT2D eigenvalue weighted by atomic mass is 16.4. The molecule has 138 valence electrons. The van der Waals surface area contributed by atoms with Crippen molar-refractivity contribution >= 4 is 5.97 Å². The van der Waals surface area contributed by atoms with E-state index in [1.54, 1.807) is 6.08 Å². The summed E-state index contributed by atoms with van der Waals surface area (Å²) >= 11 is 0. The monoisotopic (exact) mass is 344 g/mol. The van der Waals surface area contributed by atoms with Crippen molar-refractivity contribution < 1.29 is 15.0 Å². The summed E-state index contributed by atoms with van der Waals surface area (Å²) in [7, 11) is 0. The molecule has 0 bridgehead atoms. The number of carbonyl (C=O) groups is 1. The van der Waals surface area contributed by atoms with Crippen LogP contribution in [-0.4, -0.2) is 22.3 Å². The van der Waals surface area contributed by atoms with E-state index in [4.69, 9.17) is 5.11 Å². The second-order valence-corrected chi connectivity index (χ2v) is 5.57. The molecule has 0 aliphatic heterocycles. The Balaban J connectivity index is 3.70. The van der Waals surface area contributed by atoms with E-state index < -0.39 is 5.97 Å². The topological polar surface area (TPSA) is 57.5 Å². The van der Waals surface area contributed by atoms with E-state index >= 15 is 0 Å². The number of aliphatic carboxylic acids is 1. The highest BCUT2D eigenvalue weighted by Gasteiger charge is 1.94. The fraction of sp³-hybridized carbons (Fsp3) is 0.409. The van der Waals surface area contributed by atoms with Gasteiger partial charge in [-0.1, -0.05) is 79.8 Å². The molecule has 25 heavy (non-hydrogen) atoms. The number of aliphatic hydroxyl groups is 1. The molecule has 0 radical (unpaired) electrons.